The molecular formula is C56H39N. The molecule has 0 aliphatic heterocycles. The standard InChI is InChI=1S/C56H39N/c1-56(2)50-33-49(53-45-23-11-7-19-41(45)42-20-8-12-24-46(42)53)43-21-9-13-25-47(43)54(50)55-48-26-14-10-22-44(48)52(34-51(55)56)57(39-29-27-35-15-3-5-17-37(35)31-39)40-30-28-36-16-4-6-18-38(36)32-40/h3-34,53H,1-2H3. The second-order valence-electron chi connectivity index (χ2n) is 16.4. The van der Waals surface area contributed by atoms with Crippen molar-refractivity contribution in [3.63, 3.8) is 0 Å². The molecule has 12 rings (SSSR count). The Morgan fingerprint density at radius 2 is 0.807 bits per heavy atom. The van der Waals surface area contributed by atoms with Gasteiger partial charge in [-0.15, -0.1) is 0 Å². The number of benzene rings is 10. The molecule has 268 valence electrons. The van der Waals surface area contributed by atoms with Crippen LogP contribution in [0, 0.1) is 0 Å². The Morgan fingerprint density at radius 1 is 0.368 bits per heavy atom. The minimum absolute atomic E-state index is 0.163. The highest BCUT2D eigenvalue weighted by molar-refractivity contribution is 6.16. The van der Waals surface area contributed by atoms with Crippen molar-refractivity contribution in [2.24, 2.45) is 0 Å². The average Bonchev–Trinajstić information content (AvgIpc) is 3.71. The van der Waals surface area contributed by atoms with Crippen molar-refractivity contribution in [3.8, 4) is 22.3 Å². The van der Waals surface area contributed by atoms with Gasteiger partial charge in [0.1, 0.15) is 0 Å². The van der Waals surface area contributed by atoms with Crippen LogP contribution < -0.4 is 4.90 Å². The number of rotatable bonds is 4. The first-order chi connectivity index (χ1) is 28.0. The fourth-order valence-electron chi connectivity index (χ4n) is 10.4. The molecule has 0 saturated heterocycles. The van der Waals surface area contributed by atoms with Crippen molar-refractivity contribution in [2.75, 3.05) is 4.90 Å². The molecule has 0 unspecified atom stereocenters. The molecule has 2 aliphatic rings. The first-order valence-corrected chi connectivity index (χ1v) is 20.1. The fraction of sp³-hybridized carbons (Fsp3) is 0.0714. The van der Waals surface area contributed by atoms with E-state index in [0.29, 0.717) is 0 Å². The van der Waals surface area contributed by atoms with Crippen LogP contribution in [0.25, 0.3) is 65.3 Å². The molecule has 10 aromatic rings. The van der Waals surface area contributed by atoms with Crippen LogP contribution >= 0.6 is 0 Å². The number of hydrogen-bond donors (Lipinski definition) is 0. The smallest absolute Gasteiger partial charge is 0.0543 e. The molecular weight excluding hydrogens is 687 g/mol. The van der Waals surface area contributed by atoms with Gasteiger partial charge in [0.2, 0.25) is 0 Å². The van der Waals surface area contributed by atoms with Gasteiger partial charge in [-0.2, -0.15) is 0 Å². The second kappa shape index (κ2) is 12.0. The van der Waals surface area contributed by atoms with Crippen LogP contribution in [0.1, 0.15) is 47.6 Å². The SMILES string of the molecule is CC1(C)c2cc(C3c4ccccc4-c4ccccc43)c3ccccc3c2-c2c1cc(N(c1ccc3ccccc3c1)c1ccc3ccccc3c1)c1ccccc21. The third kappa shape index (κ3) is 4.63. The molecule has 0 bridgehead atoms. The van der Waals surface area contributed by atoms with E-state index < -0.39 is 0 Å². The highest BCUT2D eigenvalue weighted by atomic mass is 15.1. The molecule has 57 heavy (non-hydrogen) atoms. The Bertz CT molecular complexity index is 3170. The third-order valence-corrected chi connectivity index (χ3v) is 13.1. The predicted octanol–water partition coefficient (Wildman–Crippen LogP) is 15.2. The summed E-state index contributed by atoms with van der Waals surface area (Å²) in [5, 5.41) is 10.1. The van der Waals surface area contributed by atoms with Crippen molar-refractivity contribution < 1.29 is 0 Å². The largest absolute Gasteiger partial charge is 0.310 e. The van der Waals surface area contributed by atoms with Crippen molar-refractivity contribution in [1.82, 2.24) is 0 Å². The van der Waals surface area contributed by atoms with Crippen LogP contribution in [-0.2, 0) is 5.41 Å². The van der Waals surface area contributed by atoms with Gasteiger partial charge in [0.05, 0.1) is 5.69 Å². The van der Waals surface area contributed by atoms with Crippen LogP contribution in [0.15, 0.2) is 194 Å². The molecule has 1 heteroatoms. The molecule has 2 aliphatic carbocycles. The van der Waals surface area contributed by atoms with E-state index in [2.05, 4.69) is 213 Å². The summed E-state index contributed by atoms with van der Waals surface area (Å²) < 4.78 is 0. The highest BCUT2D eigenvalue weighted by Crippen LogP contribution is 2.59. The van der Waals surface area contributed by atoms with Gasteiger partial charge in [-0.05, 0) is 118 Å². The summed E-state index contributed by atoms with van der Waals surface area (Å²) in [6, 6.07) is 72.6. The van der Waals surface area contributed by atoms with E-state index in [9.17, 15) is 0 Å². The molecule has 0 saturated carbocycles. The maximum Gasteiger partial charge on any atom is 0.0543 e. The van der Waals surface area contributed by atoms with Crippen molar-refractivity contribution in [1.29, 1.82) is 0 Å². The summed E-state index contributed by atoms with van der Waals surface area (Å²) in [5.41, 5.74) is 15.6. The van der Waals surface area contributed by atoms with Gasteiger partial charge >= 0.3 is 0 Å². The molecule has 0 heterocycles. The fourth-order valence-corrected chi connectivity index (χ4v) is 10.4. The summed E-state index contributed by atoms with van der Waals surface area (Å²) in [7, 11) is 0. The summed E-state index contributed by atoms with van der Waals surface area (Å²) >= 11 is 0. The van der Waals surface area contributed by atoms with Gasteiger partial charge in [0.25, 0.3) is 0 Å². The average molecular weight is 726 g/mol. The molecule has 0 atom stereocenters. The van der Waals surface area contributed by atoms with Crippen LogP contribution in [0.3, 0.4) is 0 Å². The maximum absolute atomic E-state index is 2.58. The van der Waals surface area contributed by atoms with Gasteiger partial charge in [0, 0.05) is 28.1 Å². The van der Waals surface area contributed by atoms with Gasteiger partial charge in [-0.25, -0.2) is 0 Å². The van der Waals surface area contributed by atoms with Crippen molar-refractivity contribution in [2.45, 2.75) is 25.2 Å². The van der Waals surface area contributed by atoms with Crippen LogP contribution in [0.2, 0.25) is 0 Å². The summed E-state index contributed by atoms with van der Waals surface area (Å²) in [6.07, 6.45) is 0. The van der Waals surface area contributed by atoms with Crippen LogP contribution in [0.5, 0.6) is 0 Å². The van der Waals surface area contributed by atoms with Gasteiger partial charge < -0.3 is 4.90 Å². The zero-order valence-electron chi connectivity index (χ0n) is 32.0. The first-order valence-electron chi connectivity index (χ1n) is 20.1. The van der Waals surface area contributed by atoms with E-state index in [1.807, 2.05) is 0 Å². The minimum Gasteiger partial charge on any atom is -0.310 e. The zero-order valence-corrected chi connectivity index (χ0v) is 32.0. The zero-order chi connectivity index (χ0) is 37.8. The molecule has 0 spiro atoms. The van der Waals surface area contributed by atoms with Gasteiger partial charge in [0.15, 0.2) is 0 Å². The van der Waals surface area contributed by atoms with Gasteiger partial charge in [-0.1, -0.05) is 178 Å². The lowest BCUT2D eigenvalue weighted by Crippen LogP contribution is -2.17. The molecule has 1 nitrogen and oxygen atoms in total. The van der Waals surface area contributed by atoms with E-state index in [1.54, 1.807) is 0 Å². The van der Waals surface area contributed by atoms with Crippen molar-refractivity contribution in [3.05, 3.63) is 222 Å². The lowest BCUT2D eigenvalue weighted by atomic mass is 9.78. The highest BCUT2D eigenvalue weighted by Gasteiger charge is 2.41. The Balaban J connectivity index is 1.14. The normalized spacial score (nSPS) is 13.9. The number of anilines is 3. The monoisotopic (exact) mass is 725 g/mol. The first kappa shape index (κ1) is 32.3. The minimum atomic E-state index is -0.266. The van der Waals surface area contributed by atoms with E-state index in [0.717, 1.165) is 11.4 Å². The number of hydrogen-bond acceptors (Lipinski definition) is 1. The quantitative estimate of drug-likeness (QED) is 0.175. The maximum atomic E-state index is 2.58. The Labute approximate surface area is 333 Å². The lowest BCUT2D eigenvalue weighted by Gasteiger charge is -2.30. The molecule has 0 fully saturated rings. The predicted molar refractivity (Wildman–Crippen MR) is 242 cm³/mol. The Morgan fingerprint density at radius 3 is 1.39 bits per heavy atom. The molecule has 0 N–H and O–H groups in total. The summed E-state index contributed by atoms with van der Waals surface area (Å²) in [6.45, 7) is 4.89. The van der Waals surface area contributed by atoms with E-state index in [4.69, 9.17) is 0 Å². The summed E-state index contributed by atoms with van der Waals surface area (Å²) in [5.74, 6) is 0.163. The number of fused-ring (bicyclic) bond motifs is 12. The molecule has 0 amide bonds. The Kier molecular flexibility index (Phi) is 6.81. The van der Waals surface area contributed by atoms with Crippen molar-refractivity contribution >= 4 is 60.2 Å². The van der Waals surface area contributed by atoms with Gasteiger partial charge in [-0.3, -0.25) is 0 Å². The van der Waals surface area contributed by atoms with E-state index >= 15 is 0 Å². The summed E-state index contributed by atoms with van der Waals surface area (Å²) in [4.78, 5) is 2.50. The molecule has 0 radical (unpaired) electrons. The topological polar surface area (TPSA) is 3.24 Å². The van der Waals surface area contributed by atoms with E-state index in [-0.39, 0.29) is 11.3 Å². The number of nitrogens with zero attached hydrogens (tertiary/aromatic N) is 1. The lowest BCUT2D eigenvalue weighted by molar-refractivity contribution is 0.660. The van der Waals surface area contributed by atoms with E-state index in [1.165, 1.54) is 98.8 Å². The Hall–Kier alpha value is -6.96. The van der Waals surface area contributed by atoms with Crippen LogP contribution in [-0.4, -0.2) is 0 Å². The van der Waals surface area contributed by atoms with Crippen LogP contribution in [0.4, 0.5) is 17.1 Å². The third-order valence-electron chi connectivity index (χ3n) is 13.1. The second-order valence-corrected chi connectivity index (χ2v) is 16.4. The molecule has 0 aromatic heterocycles. The molecule has 10 aromatic carbocycles.